The SMILES string of the molecule is CC(=O)OC1CC(C(N)=O)N(C(N)=O)C1. The third kappa shape index (κ3) is 2.58. The van der Waals surface area contributed by atoms with Crippen LogP contribution in [0.2, 0.25) is 0 Å². The van der Waals surface area contributed by atoms with Crippen molar-refractivity contribution in [1.29, 1.82) is 0 Å². The normalized spacial score (nSPS) is 25.0. The fourth-order valence-corrected chi connectivity index (χ4v) is 1.63. The first-order chi connectivity index (χ1) is 6.91. The summed E-state index contributed by atoms with van der Waals surface area (Å²) in [7, 11) is 0. The van der Waals surface area contributed by atoms with E-state index in [2.05, 4.69) is 0 Å². The van der Waals surface area contributed by atoms with Gasteiger partial charge in [-0.25, -0.2) is 4.79 Å². The van der Waals surface area contributed by atoms with Crippen molar-refractivity contribution in [1.82, 2.24) is 4.90 Å². The number of nitrogens with two attached hydrogens (primary N) is 2. The molecule has 1 aliphatic heterocycles. The molecule has 0 spiro atoms. The molecule has 0 aliphatic carbocycles. The second kappa shape index (κ2) is 4.16. The third-order valence-electron chi connectivity index (χ3n) is 2.21. The lowest BCUT2D eigenvalue weighted by molar-refractivity contribution is -0.145. The van der Waals surface area contributed by atoms with E-state index in [1.807, 2.05) is 0 Å². The Hall–Kier alpha value is -1.79. The average molecular weight is 215 g/mol. The Morgan fingerprint density at radius 2 is 1.93 bits per heavy atom. The lowest BCUT2D eigenvalue weighted by atomic mass is 10.2. The number of ether oxygens (including phenoxy) is 1. The van der Waals surface area contributed by atoms with E-state index in [-0.39, 0.29) is 13.0 Å². The first-order valence-electron chi connectivity index (χ1n) is 4.44. The van der Waals surface area contributed by atoms with Crippen LogP contribution in [0.4, 0.5) is 4.79 Å². The van der Waals surface area contributed by atoms with Crippen molar-refractivity contribution in [3.05, 3.63) is 0 Å². The van der Waals surface area contributed by atoms with Gasteiger partial charge in [0.25, 0.3) is 0 Å². The number of likely N-dealkylation sites (tertiary alicyclic amines) is 1. The lowest BCUT2D eigenvalue weighted by Gasteiger charge is -2.18. The summed E-state index contributed by atoms with van der Waals surface area (Å²) in [6, 6.07) is -1.53. The van der Waals surface area contributed by atoms with Crippen LogP contribution in [0.1, 0.15) is 13.3 Å². The summed E-state index contributed by atoms with van der Waals surface area (Å²) in [5.74, 6) is -1.11. The third-order valence-corrected chi connectivity index (χ3v) is 2.21. The molecule has 0 bridgehead atoms. The maximum Gasteiger partial charge on any atom is 0.315 e. The van der Waals surface area contributed by atoms with Gasteiger partial charge in [0.2, 0.25) is 5.91 Å². The van der Waals surface area contributed by atoms with Gasteiger partial charge in [-0.3, -0.25) is 9.59 Å². The first-order valence-corrected chi connectivity index (χ1v) is 4.44. The molecule has 4 N–H and O–H groups in total. The molecule has 0 aromatic rings. The lowest BCUT2D eigenvalue weighted by Crippen LogP contribution is -2.46. The Labute approximate surface area is 86.3 Å². The van der Waals surface area contributed by atoms with Gasteiger partial charge in [-0.1, -0.05) is 0 Å². The predicted octanol–water partition coefficient (Wildman–Crippen LogP) is -1.44. The summed E-state index contributed by atoms with van der Waals surface area (Å²) in [6.07, 6.45) is -0.301. The molecule has 1 saturated heterocycles. The van der Waals surface area contributed by atoms with Crippen molar-refractivity contribution in [3.8, 4) is 0 Å². The Morgan fingerprint density at radius 3 is 2.27 bits per heavy atom. The zero-order chi connectivity index (χ0) is 11.6. The number of urea groups is 1. The van der Waals surface area contributed by atoms with Crippen LogP contribution >= 0.6 is 0 Å². The summed E-state index contributed by atoms with van der Waals surface area (Å²) in [5.41, 5.74) is 10.1. The van der Waals surface area contributed by atoms with E-state index in [1.165, 1.54) is 6.92 Å². The smallest absolute Gasteiger partial charge is 0.315 e. The molecule has 1 fully saturated rings. The number of carbonyl (C=O) groups is 3. The number of rotatable bonds is 2. The molecule has 0 aromatic heterocycles. The minimum Gasteiger partial charge on any atom is -0.461 e. The molecule has 2 atom stereocenters. The minimum atomic E-state index is -0.785. The van der Waals surface area contributed by atoms with E-state index >= 15 is 0 Å². The molecule has 0 radical (unpaired) electrons. The van der Waals surface area contributed by atoms with Gasteiger partial charge in [0.05, 0.1) is 6.54 Å². The number of hydrogen-bond acceptors (Lipinski definition) is 4. The van der Waals surface area contributed by atoms with Crippen LogP contribution in [-0.2, 0) is 14.3 Å². The standard InChI is InChI=1S/C8H13N3O4/c1-4(12)15-5-2-6(7(9)13)11(3-5)8(10)14/h5-6H,2-3H2,1H3,(H2,9,13)(H2,10,14). The highest BCUT2D eigenvalue weighted by atomic mass is 16.5. The fraction of sp³-hybridized carbons (Fsp3) is 0.625. The number of esters is 1. The van der Waals surface area contributed by atoms with Crippen molar-refractivity contribution in [2.24, 2.45) is 11.5 Å². The Balaban J connectivity index is 2.69. The molecule has 7 heteroatoms. The molecule has 0 aromatic carbocycles. The van der Waals surface area contributed by atoms with Crippen molar-refractivity contribution < 1.29 is 19.1 Å². The van der Waals surface area contributed by atoms with Gasteiger partial charge in [-0.2, -0.15) is 0 Å². The van der Waals surface area contributed by atoms with Gasteiger partial charge in [0, 0.05) is 13.3 Å². The Bertz CT molecular complexity index is 282. The largest absolute Gasteiger partial charge is 0.461 e. The van der Waals surface area contributed by atoms with E-state index < -0.39 is 30.1 Å². The van der Waals surface area contributed by atoms with Crippen LogP contribution in [0.25, 0.3) is 0 Å². The number of amides is 3. The summed E-state index contributed by atoms with van der Waals surface area (Å²) in [6.45, 7) is 1.37. The molecule has 0 saturated carbocycles. The quantitative estimate of drug-likeness (QED) is 0.548. The number of carbonyl (C=O) groups excluding carboxylic acids is 3. The first kappa shape index (κ1) is 11.3. The van der Waals surface area contributed by atoms with E-state index in [4.69, 9.17) is 16.2 Å². The van der Waals surface area contributed by atoms with E-state index in [0.717, 1.165) is 4.90 Å². The zero-order valence-electron chi connectivity index (χ0n) is 8.30. The highest BCUT2D eigenvalue weighted by Crippen LogP contribution is 2.19. The Morgan fingerprint density at radius 1 is 1.33 bits per heavy atom. The predicted molar refractivity (Wildman–Crippen MR) is 49.4 cm³/mol. The van der Waals surface area contributed by atoms with Crippen LogP contribution in [-0.4, -0.2) is 41.5 Å². The topological polar surface area (TPSA) is 116 Å². The van der Waals surface area contributed by atoms with Crippen molar-refractivity contribution in [2.45, 2.75) is 25.5 Å². The highest BCUT2D eigenvalue weighted by Gasteiger charge is 2.39. The fourth-order valence-electron chi connectivity index (χ4n) is 1.63. The second-order valence-corrected chi connectivity index (χ2v) is 3.38. The van der Waals surface area contributed by atoms with Crippen LogP contribution in [0.3, 0.4) is 0 Å². The molecule has 2 unspecified atom stereocenters. The molecule has 84 valence electrons. The van der Waals surface area contributed by atoms with E-state index in [9.17, 15) is 14.4 Å². The summed E-state index contributed by atoms with van der Waals surface area (Å²) in [5, 5.41) is 0. The molecular weight excluding hydrogens is 202 g/mol. The van der Waals surface area contributed by atoms with Crippen molar-refractivity contribution in [3.63, 3.8) is 0 Å². The van der Waals surface area contributed by atoms with Crippen LogP contribution in [0.15, 0.2) is 0 Å². The van der Waals surface area contributed by atoms with Gasteiger partial charge >= 0.3 is 12.0 Å². The van der Waals surface area contributed by atoms with E-state index in [0.29, 0.717) is 0 Å². The summed E-state index contributed by atoms with van der Waals surface area (Å²) >= 11 is 0. The molecule has 1 heterocycles. The minimum absolute atomic E-state index is 0.114. The second-order valence-electron chi connectivity index (χ2n) is 3.38. The highest BCUT2D eigenvalue weighted by molar-refractivity contribution is 5.86. The molecular formula is C8H13N3O4. The number of hydrogen-bond donors (Lipinski definition) is 2. The van der Waals surface area contributed by atoms with Gasteiger partial charge in [-0.05, 0) is 0 Å². The maximum atomic E-state index is 11.0. The maximum absolute atomic E-state index is 11.0. The van der Waals surface area contributed by atoms with Crippen LogP contribution in [0.5, 0.6) is 0 Å². The van der Waals surface area contributed by atoms with Gasteiger partial charge in [0.15, 0.2) is 0 Å². The molecule has 7 nitrogen and oxygen atoms in total. The van der Waals surface area contributed by atoms with E-state index in [1.54, 1.807) is 0 Å². The van der Waals surface area contributed by atoms with Crippen molar-refractivity contribution in [2.75, 3.05) is 6.54 Å². The van der Waals surface area contributed by atoms with Gasteiger partial charge < -0.3 is 21.1 Å². The Kier molecular flexibility index (Phi) is 3.13. The van der Waals surface area contributed by atoms with Gasteiger partial charge in [0.1, 0.15) is 12.1 Å². The molecule has 15 heavy (non-hydrogen) atoms. The average Bonchev–Trinajstić information content (AvgIpc) is 2.46. The monoisotopic (exact) mass is 215 g/mol. The zero-order valence-corrected chi connectivity index (χ0v) is 8.30. The van der Waals surface area contributed by atoms with Crippen LogP contribution in [0, 0.1) is 0 Å². The summed E-state index contributed by atoms with van der Waals surface area (Å²) < 4.78 is 4.88. The van der Waals surface area contributed by atoms with Crippen LogP contribution < -0.4 is 11.5 Å². The molecule has 1 rings (SSSR count). The molecule has 1 aliphatic rings. The van der Waals surface area contributed by atoms with Gasteiger partial charge in [-0.15, -0.1) is 0 Å². The molecule has 3 amide bonds. The summed E-state index contributed by atoms with van der Waals surface area (Å²) in [4.78, 5) is 33.7. The van der Waals surface area contributed by atoms with Crippen molar-refractivity contribution >= 4 is 17.9 Å². The number of nitrogens with zero attached hydrogens (tertiary/aromatic N) is 1. The number of primary amides is 2.